The maximum atomic E-state index is 13.1. The minimum absolute atomic E-state index is 0. The third-order valence-electron chi connectivity index (χ3n) is 4.01. The average Bonchev–Trinajstić information content (AvgIpc) is 2.98. The summed E-state index contributed by atoms with van der Waals surface area (Å²) < 4.78 is 39.3. The van der Waals surface area contributed by atoms with Crippen molar-refractivity contribution in [2.75, 3.05) is 25.0 Å². The largest absolute Gasteiger partial charge is 0.418 e. The van der Waals surface area contributed by atoms with Gasteiger partial charge < -0.3 is 10.2 Å². The number of likely N-dealkylation sites (N-methyl/N-ethyl adjacent to an activating group) is 1. The van der Waals surface area contributed by atoms with Crippen LogP contribution in [0.2, 0.25) is 0 Å². The van der Waals surface area contributed by atoms with E-state index in [-0.39, 0.29) is 17.9 Å². The second-order valence-electron chi connectivity index (χ2n) is 5.29. The van der Waals surface area contributed by atoms with Gasteiger partial charge in [-0.05, 0) is 37.2 Å². The molecule has 0 radical (unpaired) electrons. The molecule has 0 saturated carbocycles. The molecule has 0 bridgehead atoms. The summed E-state index contributed by atoms with van der Waals surface area (Å²) in [6.07, 6.45) is -2.00. The maximum Gasteiger partial charge on any atom is 0.418 e. The molecular weight excluding hydrogens is 315 g/mol. The third-order valence-corrected chi connectivity index (χ3v) is 4.01. The number of fused-ring (bicyclic) bond motifs is 1. The lowest BCUT2D eigenvalue weighted by atomic mass is 10.1. The van der Waals surface area contributed by atoms with Gasteiger partial charge in [-0.1, -0.05) is 0 Å². The normalized spacial score (nSPS) is 18.3. The highest BCUT2D eigenvalue weighted by atomic mass is 35.5. The summed E-state index contributed by atoms with van der Waals surface area (Å²) in [5.74, 6) is 0. The number of pyridine rings is 1. The molecule has 1 N–H and O–H groups in total. The standard InChI is InChI=1S/C15H16F3N3.ClH/c1-21(10-6-8-19-9-10)13-5-4-12(15(16,17)18)14-11(13)3-2-7-20-14;/h2-5,7,10,19H,6,8-9H2,1H3;1H. The highest BCUT2D eigenvalue weighted by Crippen LogP contribution is 2.37. The first-order chi connectivity index (χ1) is 9.98. The van der Waals surface area contributed by atoms with E-state index in [9.17, 15) is 13.2 Å². The summed E-state index contributed by atoms with van der Waals surface area (Å²) in [5.41, 5.74) is 0.125. The molecular formula is C15H17ClF3N3. The van der Waals surface area contributed by atoms with Crippen LogP contribution in [0, 0.1) is 0 Å². The lowest BCUT2D eigenvalue weighted by molar-refractivity contribution is -0.136. The monoisotopic (exact) mass is 331 g/mol. The quantitative estimate of drug-likeness (QED) is 0.913. The lowest BCUT2D eigenvalue weighted by Crippen LogP contribution is -2.33. The summed E-state index contributed by atoms with van der Waals surface area (Å²) in [6.45, 7) is 1.78. The van der Waals surface area contributed by atoms with E-state index in [0.29, 0.717) is 11.4 Å². The van der Waals surface area contributed by atoms with Gasteiger partial charge in [0.1, 0.15) is 0 Å². The van der Waals surface area contributed by atoms with Crippen molar-refractivity contribution in [3.8, 4) is 0 Å². The number of rotatable bonds is 2. The second-order valence-corrected chi connectivity index (χ2v) is 5.29. The molecule has 0 amide bonds. The Morgan fingerprint density at radius 1 is 1.27 bits per heavy atom. The van der Waals surface area contributed by atoms with Gasteiger partial charge in [-0.15, -0.1) is 12.4 Å². The number of nitrogens with one attached hydrogen (secondary N) is 1. The molecule has 0 spiro atoms. The van der Waals surface area contributed by atoms with E-state index in [2.05, 4.69) is 10.3 Å². The molecule has 1 fully saturated rings. The Kier molecular flexibility index (Phi) is 4.82. The van der Waals surface area contributed by atoms with Crippen LogP contribution in [-0.4, -0.2) is 31.2 Å². The summed E-state index contributed by atoms with van der Waals surface area (Å²) in [6, 6.07) is 6.35. The van der Waals surface area contributed by atoms with Crippen LogP contribution >= 0.6 is 12.4 Å². The zero-order valence-electron chi connectivity index (χ0n) is 12.0. The van der Waals surface area contributed by atoms with Crippen molar-refractivity contribution in [3.63, 3.8) is 0 Å². The van der Waals surface area contributed by atoms with Crippen LogP contribution in [0.5, 0.6) is 0 Å². The van der Waals surface area contributed by atoms with Crippen molar-refractivity contribution in [3.05, 3.63) is 36.0 Å². The molecule has 1 aliphatic heterocycles. The van der Waals surface area contributed by atoms with Crippen molar-refractivity contribution in [2.24, 2.45) is 0 Å². The number of anilines is 1. The van der Waals surface area contributed by atoms with Crippen LogP contribution < -0.4 is 10.2 Å². The fraction of sp³-hybridized carbons (Fsp3) is 0.400. The molecule has 2 heterocycles. The van der Waals surface area contributed by atoms with Gasteiger partial charge in [0.15, 0.2) is 0 Å². The minimum Gasteiger partial charge on any atom is -0.370 e. The van der Waals surface area contributed by atoms with Crippen LogP contribution in [0.4, 0.5) is 18.9 Å². The molecule has 120 valence electrons. The first-order valence-corrected chi connectivity index (χ1v) is 6.87. The van der Waals surface area contributed by atoms with E-state index >= 15 is 0 Å². The van der Waals surface area contributed by atoms with Gasteiger partial charge in [0.25, 0.3) is 0 Å². The molecule has 1 atom stereocenters. The fourth-order valence-electron chi connectivity index (χ4n) is 2.86. The summed E-state index contributed by atoms with van der Waals surface area (Å²) >= 11 is 0. The Morgan fingerprint density at radius 3 is 2.68 bits per heavy atom. The molecule has 1 aliphatic rings. The van der Waals surface area contributed by atoms with E-state index in [1.807, 2.05) is 11.9 Å². The number of nitrogens with zero attached hydrogens (tertiary/aromatic N) is 2. The number of aromatic nitrogens is 1. The molecule has 3 rings (SSSR count). The van der Waals surface area contributed by atoms with E-state index in [1.165, 1.54) is 6.20 Å². The Labute approximate surface area is 132 Å². The first kappa shape index (κ1) is 16.8. The molecule has 7 heteroatoms. The van der Waals surface area contributed by atoms with Crippen molar-refractivity contribution in [1.29, 1.82) is 0 Å². The molecule has 1 unspecified atom stereocenters. The van der Waals surface area contributed by atoms with Gasteiger partial charge in [0, 0.05) is 36.9 Å². The van der Waals surface area contributed by atoms with Gasteiger partial charge >= 0.3 is 6.18 Å². The number of alkyl halides is 3. The molecule has 0 aliphatic carbocycles. The SMILES string of the molecule is CN(c1ccc(C(F)(F)F)c2ncccc12)C1CCNC1.Cl. The fourth-order valence-corrected chi connectivity index (χ4v) is 2.86. The van der Waals surface area contributed by atoms with E-state index in [0.717, 1.165) is 31.3 Å². The lowest BCUT2D eigenvalue weighted by Gasteiger charge is -2.27. The summed E-state index contributed by atoms with van der Waals surface area (Å²) in [4.78, 5) is 6.00. The first-order valence-electron chi connectivity index (χ1n) is 6.87. The predicted molar refractivity (Wildman–Crippen MR) is 83.7 cm³/mol. The van der Waals surface area contributed by atoms with Gasteiger partial charge in [-0.2, -0.15) is 13.2 Å². The van der Waals surface area contributed by atoms with Crippen LogP contribution in [0.1, 0.15) is 12.0 Å². The molecule has 1 aromatic heterocycles. The maximum absolute atomic E-state index is 13.1. The molecule has 1 aromatic carbocycles. The Balaban J connectivity index is 0.00000176. The number of hydrogen-bond donors (Lipinski definition) is 1. The van der Waals surface area contributed by atoms with Crippen molar-refractivity contribution in [1.82, 2.24) is 10.3 Å². The highest BCUT2D eigenvalue weighted by Gasteiger charge is 2.34. The van der Waals surface area contributed by atoms with E-state index in [1.54, 1.807) is 18.2 Å². The molecule has 2 aromatic rings. The van der Waals surface area contributed by atoms with E-state index < -0.39 is 11.7 Å². The van der Waals surface area contributed by atoms with Crippen LogP contribution in [0.25, 0.3) is 10.9 Å². The van der Waals surface area contributed by atoms with Gasteiger partial charge in [-0.3, -0.25) is 4.98 Å². The number of benzene rings is 1. The van der Waals surface area contributed by atoms with Gasteiger partial charge in [0.05, 0.1) is 11.1 Å². The van der Waals surface area contributed by atoms with Gasteiger partial charge in [0.2, 0.25) is 0 Å². The second kappa shape index (κ2) is 6.30. The van der Waals surface area contributed by atoms with Crippen LogP contribution in [-0.2, 0) is 6.18 Å². The van der Waals surface area contributed by atoms with Gasteiger partial charge in [-0.25, -0.2) is 0 Å². The molecule has 3 nitrogen and oxygen atoms in total. The Morgan fingerprint density at radius 2 is 2.05 bits per heavy atom. The van der Waals surface area contributed by atoms with Crippen molar-refractivity contribution >= 4 is 29.0 Å². The van der Waals surface area contributed by atoms with Crippen LogP contribution in [0.3, 0.4) is 0 Å². The Hall–Kier alpha value is -1.53. The summed E-state index contributed by atoms with van der Waals surface area (Å²) in [5, 5.41) is 3.81. The topological polar surface area (TPSA) is 28.2 Å². The third kappa shape index (κ3) is 2.98. The minimum atomic E-state index is -4.39. The molecule has 1 saturated heterocycles. The predicted octanol–water partition coefficient (Wildman–Crippen LogP) is 3.47. The zero-order valence-corrected chi connectivity index (χ0v) is 12.8. The number of hydrogen-bond acceptors (Lipinski definition) is 3. The summed E-state index contributed by atoms with van der Waals surface area (Å²) in [7, 11) is 1.92. The van der Waals surface area contributed by atoms with Crippen LogP contribution in [0.15, 0.2) is 30.5 Å². The van der Waals surface area contributed by atoms with Crippen molar-refractivity contribution < 1.29 is 13.2 Å². The zero-order chi connectivity index (χ0) is 15.0. The number of halogens is 4. The Bertz CT molecular complexity index is 654. The molecule has 22 heavy (non-hydrogen) atoms. The van der Waals surface area contributed by atoms with E-state index in [4.69, 9.17) is 0 Å². The van der Waals surface area contributed by atoms with Crippen molar-refractivity contribution in [2.45, 2.75) is 18.6 Å². The average molecular weight is 332 g/mol. The smallest absolute Gasteiger partial charge is 0.370 e. The highest BCUT2D eigenvalue weighted by molar-refractivity contribution is 5.94.